The van der Waals surface area contributed by atoms with E-state index in [0.29, 0.717) is 11.9 Å². The van der Waals surface area contributed by atoms with Crippen LogP contribution in [0.4, 0.5) is 5.95 Å². The highest BCUT2D eigenvalue weighted by Crippen LogP contribution is 2.28. The van der Waals surface area contributed by atoms with Crippen molar-refractivity contribution in [2.75, 3.05) is 5.73 Å². The molecule has 16 heavy (non-hydrogen) atoms. The van der Waals surface area contributed by atoms with Crippen LogP contribution in [0.25, 0.3) is 11.3 Å². The van der Waals surface area contributed by atoms with Crippen molar-refractivity contribution in [2.24, 2.45) is 0 Å². The zero-order valence-corrected chi connectivity index (χ0v) is 9.91. The molecule has 0 aliphatic carbocycles. The number of hydrogen-bond acceptors (Lipinski definition) is 2. The van der Waals surface area contributed by atoms with Crippen LogP contribution in [0.15, 0.2) is 24.3 Å². The summed E-state index contributed by atoms with van der Waals surface area (Å²) in [6, 6.07) is 8.31. The van der Waals surface area contributed by atoms with E-state index in [1.807, 2.05) is 6.07 Å². The number of H-pyrrole nitrogens is 1. The van der Waals surface area contributed by atoms with Gasteiger partial charge in [-0.15, -0.1) is 0 Å². The van der Waals surface area contributed by atoms with Crippen molar-refractivity contribution in [1.29, 1.82) is 0 Å². The number of nitrogens with one attached hydrogen (secondary N) is 1. The van der Waals surface area contributed by atoms with Crippen LogP contribution in [0.3, 0.4) is 0 Å². The van der Waals surface area contributed by atoms with Crippen LogP contribution < -0.4 is 5.73 Å². The Bertz CT molecular complexity index is 498. The number of aromatic amines is 1. The Balaban J connectivity index is 2.55. The molecule has 0 fully saturated rings. The van der Waals surface area contributed by atoms with Crippen LogP contribution in [0, 0.1) is 6.92 Å². The Morgan fingerprint density at radius 3 is 2.69 bits per heavy atom. The predicted octanol–water partition coefficient (Wildman–Crippen LogP) is 3.09. The average Bonchev–Trinajstić information content (AvgIpc) is 2.60. The molecule has 3 N–H and O–H groups in total. The molecule has 1 aromatic heterocycles. The third-order valence-electron chi connectivity index (χ3n) is 2.62. The maximum absolute atomic E-state index is 5.73. The fourth-order valence-corrected chi connectivity index (χ4v) is 1.84. The van der Waals surface area contributed by atoms with Crippen molar-refractivity contribution in [1.82, 2.24) is 9.97 Å². The highest BCUT2D eigenvalue weighted by molar-refractivity contribution is 5.65. The molecule has 84 valence electrons. The molecular formula is C13H17N3. The summed E-state index contributed by atoms with van der Waals surface area (Å²) < 4.78 is 0. The van der Waals surface area contributed by atoms with Gasteiger partial charge in [0.25, 0.3) is 0 Å². The Kier molecular flexibility index (Phi) is 2.69. The lowest BCUT2D eigenvalue weighted by molar-refractivity contribution is 0.836. The van der Waals surface area contributed by atoms with E-state index >= 15 is 0 Å². The summed E-state index contributed by atoms with van der Waals surface area (Å²) >= 11 is 0. The number of hydrogen-bond donors (Lipinski definition) is 2. The number of nitrogen functional groups attached to an aromatic ring is 1. The minimum absolute atomic E-state index is 0.389. The Morgan fingerprint density at radius 1 is 1.31 bits per heavy atom. The number of aryl methyl sites for hydroxylation is 1. The Morgan fingerprint density at radius 2 is 2.06 bits per heavy atom. The van der Waals surface area contributed by atoms with Crippen LogP contribution in [0.5, 0.6) is 0 Å². The molecule has 0 saturated heterocycles. The summed E-state index contributed by atoms with van der Waals surface area (Å²) in [6.45, 7) is 6.34. The van der Waals surface area contributed by atoms with Gasteiger partial charge in [-0.25, -0.2) is 4.98 Å². The van der Waals surface area contributed by atoms with Gasteiger partial charge < -0.3 is 10.7 Å². The van der Waals surface area contributed by atoms with E-state index in [2.05, 4.69) is 48.9 Å². The van der Waals surface area contributed by atoms with Crippen molar-refractivity contribution >= 4 is 5.95 Å². The Hall–Kier alpha value is -1.77. The second kappa shape index (κ2) is 4.00. The summed E-state index contributed by atoms with van der Waals surface area (Å²) in [7, 11) is 0. The van der Waals surface area contributed by atoms with Gasteiger partial charge in [0.15, 0.2) is 5.95 Å². The van der Waals surface area contributed by atoms with Gasteiger partial charge in [-0.1, -0.05) is 37.6 Å². The van der Waals surface area contributed by atoms with Crippen LogP contribution in [-0.2, 0) is 0 Å². The lowest BCUT2D eigenvalue weighted by Gasteiger charge is -2.06. The first kappa shape index (κ1) is 10.7. The maximum Gasteiger partial charge on any atom is 0.198 e. The van der Waals surface area contributed by atoms with E-state index in [1.54, 1.807) is 0 Å². The number of rotatable bonds is 2. The molecule has 0 aliphatic heterocycles. The van der Waals surface area contributed by atoms with Crippen molar-refractivity contribution in [3.05, 3.63) is 35.5 Å². The molecule has 0 bridgehead atoms. The second-order valence-corrected chi connectivity index (χ2v) is 4.41. The highest BCUT2D eigenvalue weighted by atomic mass is 15.0. The van der Waals surface area contributed by atoms with Gasteiger partial charge in [-0.3, -0.25) is 0 Å². The summed E-state index contributed by atoms with van der Waals surface area (Å²) in [4.78, 5) is 7.49. The number of nitrogens with two attached hydrogens (primary N) is 1. The quantitative estimate of drug-likeness (QED) is 0.808. The molecule has 2 aromatic rings. The van der Waals surface area contributed by atoms with Crippen molar-refractivity contribution in [3.8, 4) is 11.3 Å². The number of benzene rings is 1. The minimum Gasteiger partial charge on any atom is -0.369 e. The molecule has 0 radical (unpaired) electrons. The molecule has 1 aromatic carbocycles. The van der Waals surface area contributed by atoms with Crippen molar-refractivity contribution in [2.45, 2.75) is 26.7 Å². The average molecular weight is 215 g/mol. The summed E-state index contributed by atoms with van der Waals surface area (Å²) in [5.74, 6) is 0.875. The molecule has 0 unspecified atom stereocenters. The Labute approximate surface area is 95.7 Å². The fraction of sp³-hybridized carbons (Fsp3) is 0.308. The molecule has 0 atom stereocenters. The van der Waals surface area contributed by atoms with E-state index in [4.69, 9.17) is 5.73 Å². The third-order valence-corrected chi connectivity index (χ3v) is 2.62. The zero-order chi connectivity index (χ0) is 11.7. The predicted molar refractivity (Wildman–Crippen MR) is 67.3 cm³/mol. The van der Waals surface area contributed by atoms with E-state index in [9.17, 15) is 0 Å². The van der Waals surface area contributed by atoms with Gasteiger partial charge in [0, 0.05) is 11.3 Å². The van der Waals surface area contributed by atoms with Crippen molar-refractivity contribution in [3.63, 3.8) is 0 Å². The van der Waals surface area contributed by atoms with Crippen LogP contribution in [0.2, 0.25) is 0 Å². The zero-order valence-electron chi connectivity index (χ0n) is 9.91. The number of nitrogens with zero attached hydrogens (tertiary/aromatic N) is 1. The summed E-state index contributed by atoms with van der Waals surface area (Å²) in [5.41, 5.74) is 10.1. The minimum atomic E-state index is 0.389. The number of imidazole rings is 1. The topological polar surface area (TPSA) is 54.7 Å². The van der Waals surface area contributed by atoms with Gasteiger partial charge >= 0.3 is 0 Å². The standard InChI is InChI=1S/C13H17N3/c1-8(2)11-12(16-13(14)15-11)10-6-4-5-9(3)7-10/h4-8H,1-3H3,(H3,14,15,16). The van der Waals surface area contributed by atoms with Gasteiger partial charge in [0.2, 0.25) is 0 Å². The second-order valence-electron chi connectivity index (χ2n) is 4.41. The molecule has 3 heteroatoms. The molecule has 0 spiro atoms. The largest absolute Gasteiger partial charge is 0.369 e. The highest BCUT2D eigenvalue weighted by Gasteiger charge is 2.13. The maximum atomic E-state index is 5.73. The smallest absolute Gasteiger partial charge is 0.198 e. The van der Waals surface area contributed by atoms with Crippen LogP contribution >= 0.6 is 0 Å². The lowest BCUT2D eigenvalue weighted by Crippen LogP contribution is -1.92. The van der Waals surface area contributed by atoms with Gasteiger partial charge in [-0.2, -0.15) is 0 Å². The van der Waals surface area contributed by atoms with E-state index in [0.717, 1.165) is 17.0 Å². The molecule has 0 saturated carbocycles. The van der Waals surface area contributed by atoms with Gasteiger partial charge in [0.05, 0.1) is 5.69 Å². The molecule has 1 heterocycles. The first-order chi connectivity index (χ1) is 7.58. The van der Waals surface area contributed by atoms with Crippen LogP contribution in [-0.4, -0.2) is 9.97 Å². The number of aromatic nitrogens is 2. The van der Waals surface area contributed by atoms with E-state index in [-0.39, 0.29) is 0 Å². The van der Waals surface area contributed by atoms with Gasteiger partial charge in [0.1, 0.15) is 0 Å². The first-order valence-electron chi connectivity index (χ1n) is 5.50. The normalized spacial score (nSPS) is 11.0. The van der Waals surface area contributed by atoms with Crippen molar-refractivity contribution < 1.29 is 0 Å². The molecule has 0 amide bonds. The number of anilines is 1. The first-order valence-corrected chi connectivity index (χ1v) is 5.50. The molecule has 2 rings (SSSR count). The molecule has 3 nitrogen and oxygen atoms in total. The molecule has 0 aliphatic rings. The van der Waals surface area contributed by atoms with E-state index in [1.165, 1.54) is 5.56 Å². The monoisotopic (exact) mass is 215 g/mol. The molecular weight excluding hydrogens is 198 g/mol. The van der Waals surface area contributed by atoms with Crippen LogP contribution in [0.1, 0.15) is 31.0 Å². The van der Waals surface area contributed by atoms with Gasteiger partial charge in [-0.05, 0) is 18.9 Å². The third kappa shape index (κ3) is 1.94. The summed E-state index contributed by atoms with van der Waals surface area (Å²) in [6.07, 6.45) is 0. The summed E-state index contributed by atoms with van der Waals surface area (Å²) in [5, 5.41) is 0. The van der Waals surface area contributed by atoms with E-state index < -0.39 is 0 Å². The SMILES string of the molecule is Cc1cccc(-c2nc(N)[nH]c2C(C)C)c1. The lowest BCUT2D eigenvalue weighted by atomic mass is 10.0. The fourth-order valence-electron chi connectivity index (χ4n) is 1.84.